The lowest BCUT2D eigenvalue weighted by molar-refractivity contribution is 0.297. The topological polar surface area (TPSA) is 44.5 Å². The Morgan fingerprint density at radius 3 is 2.41 bits per heavy atom. The molecular weight excluding hydrogens is 238 g/mol. The van der Waals surface area contributed by atoms with E-state index in [1.807, 2.05) is 26.0 Å². The summed E-state index contributed by atoms with van der Waals surface area (Å²) in [6, 6.07) is 3.76. The predicted octanol–water partition coefficient (Wildman–Crippen LogP) is 2.78. The Hall–Kier alpha value is -0.930. The van der Waals surface area contributed by atoms with Crippen molar-refractivity contribution >= 4 is 11.6 Å². The van der Waals surface area contributed by atoms with Gasteiger partial charge in [0, 0.05) is 23.0 Å². The van der Waals surface area contributed by atoms with E-state index < -0.39 is 0 Å². The molecule has 0 spiro atoms. The minimum absolute atomic E-state index is 0.288. The zero-order chi connectivity index (χ0) is 12.5. The molecule has 2 rings (SSSR count). The maximum Gasteiger partial charge on any atom is 0.162 e. The van der Waals surface area contributed by atoms with E-state index in [0.29, 0.717) is 24.7 Å². The van der Waals surface area contributed by atoms with E-state index in [0.717, 1.165) is 23.5 Å². The molecule has 94 valence electrons. The van der Waals surface area contributed by atoms with Gasteiger partial charge in [-0.3, -0.25) is 0 Å². The highest BCUT2D eigenvalue weighted by Gasteiger charge is 2.18. The second-order valence-electron chi connectivity index (χ2n) is 5.11. The van der Waals surface area contributed by atoms with E-state index in [2.05, 4.69) is 0 Å². The Kier molecular flexibility index (Phi) is 3.50. The summed E-state index contributed by atoms with van der Waals surface area (Å²) < 4.78 is 11.2. The third-order valence-electron chi connectivity index (χ3n) is 2.56. The molecule has 0 fully saturated rings. The second-order valence-corrected chi connectivity index (χ2v) is 5.51. The van der Waals surface area contributed by atoms with Gasteiger partial charge in [-0.1, -0.05) is 11.6 Å². The molecule has 1 aliphatic rings. The van der Waals surface area contributed by atoms with Crippen LogP contribution in [0.1, 0.15) is 25.8 Å². The third-order valence-corrected chi connectivity index (χ3v) is 2.91. The Morgan fingerprint density at radius 2 is 1.82 bits per heavy atom. The maximum absolute atomic E-state index is 6.23. The van der Waals surface area contributed by atoms with Gasteiger partial charge < -0.3 is 15.2 Å². The number of benzene rings is 1. The number of hydrogen-bond donors (Lipinski definition) is 1. The van der Waals surface area contributed by atoms with Gasteiger partial charge in [-0.2, -0.15) is 0 Å². The summed E-state index contributed by atoms with van der Waals surface area (Å²) in [5, 5.41) is 0.688. The average Bonchev–Trinajstić information content (AvgIpc) is 2.41. The van der Waals surface area contributed by atoms with E-state index in [4.69, 9.17) is 26.8 Å². The second kappa shape index (κ2) is 4.75. The average molecular weight is 256 g/mol. The molecule has 0 aliphatic carbocycles. The van der Waals surface area contributed by atoms with Gasteiger partial charge >= 0.3 is 0 Å². The van der Waals surface area contributed by atoms with Crippen LogP contribution in [0.2, 0.25) is 5.02 Å². The molecule has 1 aromatic carbocycles. The van der Waals surface area contributed by atoms with Gasteiger partial charge in [0.05, 0.1) is 13.2 Å². The first kappa shape index (κ1) is 12.5. The molecule has 17 heavy (non-hydrogen) atoms. The predicted molar refractivity (Wildman–Crippen MR) is 69.0 cm³/mol. The fourth-order valence-electron chi connectivity index (χ4n) is 1.85. The van der Waals surface area contributed by atoms with Crippen molar-refractivity contribution in [2.45, 2.75) is 32.2 Å². The minimum Gasteiger partial charge on any atom is -0.490 e. The van der Waals surface area contributed by atoms with Gasteiger partial charge in [-0.25, -0.2) is 0 Å². The fourth-order valence-corrected chi connectivity index (χ4v) is 2.07. The van der Waals surface area contributed by atoms with Crippen molar-refractivity contribution in [1.29, 1.82) is 0 Å². The Balaban J connectivity index is 2.32. The molecule has 0 aromatic heterocycles. The molecule has 0 amide bonds. The van der Waals surface area contributed by atoms with Crippen molar-refractivity contribution in [2.24, 2.45) is 5.73 Å². The zero-order valence-corrected chi connectivity index (χ0v) is 11.0. The van der Waals surface area contributed by atoms with Gasteiger partial charge in [0.2, 0.25) is 0 Å². The van der Waals surface area contributed by atoms with Crippen molar-refractivity contribution in [1.82, 2.24) is 0 Å². The van der Waals surface area contributed by atoms with Gasteiger partial charge in [0.15, 0.2) is 11.5 Å². The van der Waals surface area contributed by atoms with Crippen LogP contribution in [-0.4, -0.2) is 18.8 Å². The number of rotatable bonds is 2. The van der Waals surface area contributed by atoms with Crippen molar-refractivity contribution in [3.05, 3.63) is 22.7 Å². The normalized spacial score (nSPS) is 15.5. The van der Waals surface area contributed by atoms with Gasteiger partial charge in [-0.15, -0.1) is 0 Å². The molecule has 1 aromatic rings. The van der Waals surface area contributed by atoms with E-state index >= 15 is 0 Å². The Bertz CT molecular complexity index is 413. The first-order chi connectivity index (χ1) is 7.96. The van der Waals surface area contributed by atoms with Gasteiger partial charge in [0.25, 0.3) is 0 Å². The van der Waals surface area contributed by atoms with Crippen LogP contribution in [0.15, 0.2) is 12.1 Å². The van der Waals surface area contributed by atoms with E-state index in [1.165, 1.54) is 0 Å². The molecule has 0 unspecified atom stereocenters. The van der Waals surface area contributed by atoms with Crippen LogP contribution in [0.25, 0.3) is 0 Å². The van der Waals surface area contributed by atoms with E-state index in [9.17, 15) is 0 Å². The van der Waals surface area contributed by atoms with Crippen LogP contribution >= 0.6 is 11.6 Å². The van der Waals surface area contributed by atoms with Crippen LogP contribution in [0.4, 0.5) is 0 Å². The molecule has 0 saturated heterocycles. The quantitative estimate of drug-likeness (QED) is 0.884. The summed E-state index contributed by atoms with van der Waals surface area (Å²) in [7, 11) is 0. The van der Waals surface area contributed by atoms with Crippen molar-refractivity contribution in [3.8, 4) is 11.5 Å². The van der Waals surface area contributed by atoms with E-state index in [-0.39, 0.29) is 5.54 Å². The molecule has 1 heterocycles. The van der Waals surface area contributed by atoms with Crippen LogP contribution in [0.3, 0.4) is 0 Å². The summed E-state index contributed by atoms with van der Waals surface area (Å²) in [6.07, 6.45) is 1.60. The summed E-state index contributed by atoms with van der Waals surface area (Å²) >= 11 is 6.23. The van der Waals surface area contributed by atoms with E-state index in [1.54, 1.807) is 0 Å². The number of nitrogens with two attached hydrogens (primary N) is 1. The Morgan fingerprint density at radius 1 is 1.24 bits per heavy atom. The SMILES string of the molecule is CC(C)(N)Cc1cc2c(cc1Cl)OCCCO2. The molecule has 0 saturated carbocycles. The largest absolute Gasteiger partial charge is 0.490 e. The van der Waals surface area contributed by atoms with Crippen molar-refractivity contribution in [3.63, 3.8) is 0 Å². The van der Waals surface area contributed by atoms with Crippen molar-refractivity contribution in [2.75, 3.05) is 13.2 Å². The van der Waals surface area contributed by atoms with Gasteiger partial charge in [-0.05, 0) is 31.9 Å². The summed E-state index contributed by atoms with van der Waals surface area (Å²) in [5.74, 6) is 1.50. The van der Waals surface area contributed by atoms with Gasteiger partial charge in [0.1, 0.15) is 0 Å². The third kappa shape index (κ3) is 3.27. The van der Waals surface area contributed by atoms with Crippen LogP contribution in [0.5, 0.6) is 11.5 Å². The van der Waals surface area contributed by atoms with Crippen molar-refractivity contribution < 1.29 is 9.47 Å². The number of halogens is 1. The molecule has 4 heteroatoms. The molecule has 0 radical (unpaired) electrons. The van der Waals surface area contributed by atoms with Crippen LogP contribution < -0.4 is 15.2 Å². The highest BCUT2D eigenvalue weighted by molar-refractivity contribution is 6.31. The monoisotopic (exact) mass is 255 g/mol. The number of ether oxygens (including phenoxy) is 2. The lowest BCUT2D eigenvalue weighted by Gasteiger charge is -2.20. The maximum atomic E-state index is 6.23. The summed E-state index contributed by atoms with van der Waals surface area (Å²) in [6.45, 7) is 5.31. The standard InChI is InChI=1S/C13H18ClNO2/c1-13(2,15)8-9-6-11-12(7-10(9)14)17-5-3-4-16-11/h6-7H,3-5,8,15H2,1-2H3. The zero-order valence-electron chi connectivity index (χ0n) is 10.3. The Labute approximate surface area is 107 Å². The minimum atomic E-state index is -0.288. The lowest BCUT2D eigenvalue weighted by atomic mass is 9.96. The highest BCUT2D eigenvalue weighted by atomic mass is 35.5. The first-order valence-electron chi connectivity index (χ1n) is 5.83. The lowest BCUT2D eigenvalue weighted by Crippen LogP contribution is -2.34. The molecule has 0 bridgehead atoms. The fraction of sp³-hybridized carbons (Fsp3) is 0.538. The first-order valence-corrected chi connectivity index (χ1v) is 6.20. The molecule has 2 N–H and O–H groups in total. The molecular formula is C13H18ClNO2. The summed E-state index contributed by atoms with van der Waals surface area (Å²) in [4.78, 5) is 0. The number of hydrogen-bond acceptors (Lipinski definition) is 3. The summed E-state index contributed by atoms with van der Waals surface area (Å²) in [5.41, 5.74) is 6.73. The number of fused-ring (bicyclic) bond motifs is 1. The van der Waals surface area contributed by atoms with Crippen LogP contribution in [-0.2, 0) is 6.42 Å². The highest BCUT2D eigenvalue weighted by Crippen LogP contribution is 2.36. The molecule has 0 atom stereocenters. The van der Waals surface area contributed by atoms with Crippen LogP contribution in [0, 0.1) is 0 Å². The molecule has 3 nitrogen and oxygen atoms in total. The smallest absolute Gasteiger partial charge is 0.162 e. The molecule has 1 aliphatic heterocycles.